The third kappa shape index (κ3) is 4.97. The first-order valence-corrected chi connectivity index (χ1v) is 5.01. The van der Waals surface area contributed by atoms with E-state index in [4.69, 9.17) is 4.74 Å². The Kier molecular flexibility index (Phi) is 7.02. The van der Waals surface area contributed by atoms with E-state index in [9.17, 15) is 9.59 Å². The Morgan fingerprint density at radius 1 is 1.21 bits per heavy atom. The second-order valence-electron chi connectivity index (χ2n) is 2.90. The van der Waals surface area contributed by atoms with Crippen LogP contribution in [0.2, 0.25) is 0 Å². The zero-order valence-corrected chi connectivity index (χ0v) is 9.04. The van der Waals surface area contributed by atoms with Crippen LogP contribution in [-0.4, -0.2) is 24.6 Å². The van der Waals surface area contributed by atoms with E-state index >= 15 is 0 Å². The molecule has 0 radical (unpaired) electrons. The highest BCUT2D eigenvalue weighted by atomic mass is 16.6. The Bertz CT molecular complexity index is 189. The van der Waals surface area contributed by atoms with Crippen molar-refractivity contribution >= 4 is 11.9 Å². The van der Waals surface area contributed by atoms with Gasteiger partial charge in [0.15, 0.2) is 6.10 Å². The molecule has 1 atom stereocenters. The van der Waals surface area contributed by atoms with E-state index in [2.05, 4.69) is 4.74 Å². The van der Waals surface area contributed by atoms with Crippen LogP contribution in [0, 0.1) is 0 Å². The van der Waals surface area contributed by atoms with Crippen LogP contribution in [0.3, 0.4) is 0 Å². The summed E-state index contributed by atoms with van der Waals surface area (Å²) in [5.74, 6) is -1.05. The molecule has 0 N–H and O–H groups in total. The normalized spacial score (nSPS) is 12.2. The molecule has 0 aromatic heterocycles. The molecular formula is C10H18O4. The fraction of sp³-hybridized carbons (Fsp3) is 0.800. The van der Waals surface area contributed by atoms with E-state index in [0.717, 1.165) is 0 Å². The molecule has 82 valence electrons. The van der Waals surface area contributed by atoms with Crippen molar-refractivity contribution < 1.29 is 19.1 Å². The zero-order chi connectivity index (χ0) is 11.0. The highest BCUT2D eigenvalue weighted by Gasteiger charge is 2.20. The van der Waals surface area contributed by atoms with Crippen molar-refractivity contribution in [2.24, 2.45) is 0 Å². The molecule has 0 aromatic carbocycles. The van der Waals surface area contributed by atoms with Gasteiger partial charge < -0.3 is 9.47 Å². The first-order valence-electron chi connectivity index (χ1n) is 5.01. The molecule has 0 saturated heterocycles. The van der Waals surface area contributed by atoms with Crippen molar-refractivity contribution in [3.05, 3.63) is 0 Å². The number of hydrogen-bond donors (Lipinski definition) is 0. The minimum atomic E-state index is -0.610. The van der Waals surface area contributed by atoms with Gasteiger partial charge in [-0.2, -0.15) is 0 Å². The minimum absolute atomic E-state index is 0.272. The Labute approximate surface area is 84.6 Å². The molecule has 0 heterocycles. The highest BCUT2D eigenvalue weighted by molar-refractivity contribution is 5.87. The fourth-order valence-electron chi connectivity index (χ4n) is 0.987. The van der Waals surface area contributed by atoms with Crippen LogP contribution in [0.4, 0.5) is 0 Å². The number of hydrogen-bond acceptors (Lipinski definition) is 4. The Balaban J connectivity index is 3.96. The van der Waals surface area contributed by atoms with Crippen LogP contribution < -0.4 is 0 Å². The van der Waals surface area contributed by atoms with Gasteiger partial charge >= 0.3 is 11.9 Å². The largest absolute Gasteiger partial charge is 0.391 e. The lowest BCUT2D eigenvalue weighted by Crippen LogP contribution is -2.28. The van der Waals surface area contributed by atoms with Crippen LogP contribution in [0.1, 0.15) is 40.0 Å². The molecule has 0 rings (SSSR count). The molecule has 0 bridgehead atoms. The molecule has 0 aliphatic rings. The lowest BCUT2D eigenvalue weighted by molar-refractivity contribution is -0.168. The quantitative estimate of drug-likeness (QED) is 0.485. The average molecular weight is 202 g/mol. The number of ether oxygens (including phenoxy) is 2. The van der Waals surface area contributed by atoms with Crippen molar-refractivity contribution in [3.8, 4) is 0 Å². The number of carbonyl (C=O) groups excluding carboxylic acids is 2. The lowest BCUT2D eigenvalue weighted by atomic mass is 10.3. The summed E-state index contributed by atoms with van der Waals surface area (Å²) in [6.07, 6.45) is 0.860. The molecule has 4 heteroatoms. The Morgan fingerprint density at radius 2 is 1.86 bits per heavy atom. The monoisotopic (exact) mass is 202 g/mol. The van der Waals surface area contributed by atoms with Gasteiger partial charge in [0, 0.05) is 13.0 Å². The molecule has 0 saturated carbocycles. The van der Waals surface area contributed by atoms with E-state index in [1.165, 1.54) is 0 Å². The summed E-state index contributed by atoms with van der Waals surface area (Å²) in [4.78, 5) is 22.3. The minimum Gasteiger partial charge on any atom is -0.391 e. The second kappa shape index (κ2) is 7.50. The van der Waals surface area contributed by atoms with Gasteiger partial charge in [0.25, 0.3) is 0 Å². The van der Waals surface area contributed by atoms with Gasteiger partial charge in [0.05, 0.1) is 0 Å². The summed E-state index contributed by atoms with van der Waals surface area (Å²) in [6, 6.07) is 0. The molecule has 1 unspecified atom stereocenters. The molecule has 0 spiro atoms. The zero-order valence-electron chi connectivity index (χ0n) is 9.04. The Hall–Kier alpha value is -0.900. The standard InChI is InChI=1S/C10H18O4/c1-4-7-9(11)14-10(12)8(5-2)13-6-3/h8H,4-7H2,1-3H3. The lowest BCUT2D eigenvalue weighted by Gasteiger charge is -2.12. The predicted octanol–water partition coefficient (Wildman–Crippen LogP) is 1.67. The summed E-state index contributed by atoms with van der Waals surface area (Å²) in [5, 5.41) is 0. The molecule has 0 aliphatic carbocycles. The van der Waals surface area contributed by atoms with Gasteiger partial charge in [-0.25, -0.2) is 4.79 Å². The molecular weight excluding hydrogens is 184 g/mol. The summed E-state index contributed by atoms with van der Waals surface area (Å²) < 4.78 is 9.70. The van der Waals surface area contributed by atoms with Gasteiger partial charge in [-0.3, -0.25) is 4.79 Å². The van der Waals surface area contributed by atoms with Crippen molar-refractivity contribution in [2.75, 3.05) is 6.61 Å². The molecule has 0 aromatic rings. The molecule has 0 fully saturated rings. The summed E-state index contributed by atoms with van der Waals surface area (Å²) in [5.41, 5.74) is 0. The SMILES string of the molecule is CCCC(=O)OC(=O)C(CC)OCC. The maximum Gasteiger partial charge on any atom is 0.342 e. The van der Waals surface area contributed by atoms with Crippen LogP contribution in [0.5, 0.6) is 0 Å². The smallest absolute Gasteiger partial charge is 0.342 e. The summed E-state index contributed by atoms with van der Waals surface area (Å²) in [6.45, 7) is 5.90. The number of carbonyl (C=O) groups is 2. The van der Waals surface area contributed by atoms with E-state index in [0.29, 0.717) is 19.4 Å². The van der Waals surface area contributed by atoms with Crippen LogP contribution in [-0.2, 0) is 19.1 Å². The van der Waals surface area contributed by atoms with Crippen LogP contribution >= 0.6 is 0 Å². The molecule has 0 aliphatic heterocycles. The van der Waals surface area contributed by atoms with Gasteiger partial charge in [0.1, 0.15) is 0 Å². The van der Waals surface area contributed by atoms with Crippen molar-refractivity contribution in [3.63, 3.8) is 0 Å². The van der Waals surface area contributed by atoms with Gasteiger partial charge in [0.2, 0.25) is 0 Å². The number of rotatable bonds is 6. The second-order valence-corrected chi connectivity index (χ2v) is 2.90. The third-order valence-corrected chi connectivity index (χ3v) is 1.67. The number of esters is 2. The molecule has 14 heavy (non-hydrogen) atoms. The average Bonchev–Trinajstić information content (AvgIpc) is 2.14. The van der Waals surface area contributed by atoms with E-state index in [1.54, 1.807) is 6.92 Å². The van der Waals surface area contributed by atoms with Crippen molar-refractivity contribution in [1.82, 2.24) is 0 Å². The van der Waals surface area contributed by atoms with Crippen molar-refractivity contribution in [2.45, 2.75) is 46.1 Å². The van der Waals surface area contributed by atoms with Gasteiger partial charge in [-0.05, 0) is 19.8 Å². The topological polar surface area (TPSA) is 52.6 Å². The van der Waals surface area contributed by atoms with E-state index in [1.807, 2.05) is 13.8 Å². The van der Waals surface area contributed by atoms with E-state index < -0.39 is 18.0 Å². The van der Waals surface area contributed by atoms with E-state index in [-0.39, 0.29) is 6.42 Å². The van der Waals surface area contributed by atoms with Crippen molar-refractivity contribution in [1.29, 1.82) is 0 Å². The fourth-order valence-corrected chi connectivity index (χ4v) is 0.987. The predicted molar refractivity (Wildman–Crippen MR) is 51.7 cm³/mol. The maximum atomic E-state index is 11.3. The Morgan fingerprint density at radius 3 is 2.29 bits per heavy atom. The van der Waals surface area contributed by atoms with Gasteiger partial charge in [-0.1, -0.05) is 13.8 Å². The maximum absolute atomic E-state index is 11.3. The van der Waals surface area contributed by atoms with Crippen LogP contribution in [0.15, 0.2) is 0 Å². The molecule has 4 nitrogen and oxygen atoms in total. The summed E-state index contributed by atoms with van der Waals surface area (Å²) in [7, 11) is 0. The first-order chi connectivity index (χ1) is 6.65. The molecule has 0 amide bonds. The first kappa shape index (κ1) is 13.1. The third-order valence-electron chi connectivity index (χ3n) is 1.67. The van der Waals surface area contributed by atoms with Gasteiger partial charge in [-0.15, -0.1) is 0 Å². The van der Waals surface area contributed by atoms with Crippen LogP contribution in [0.25, 0.3) is 0 Å². The highest BCUT2D eigenvalue weighted by Crippen LogP contribution is 2.02. The summed E-state index contributed by atoms with van der Waals surface area (Å²) >= 11 is 0.